The number of rotatable bonds is 3. The summed E-state index contributed by atoms with van der Waals surface area (Å²) in [6.07, 6.45) is 0.595. The van der Waals surface area contributed by atoms with E-state index in [9.17, 15) is 14.9 Å². The highest BCUT2D eigenvalue weighted by Crippen LogP contribution is 2.39. The minimum Gasteiger partial charge on any atom is -0.329 e. The van der Waals surface area contributed by atoms with E-state index in [-0.39, 0.29) is 5.69 Å². The molecule has 83 valence electrons. The quantitative estimate of drug-likeness (QED) is 0.625. The molecule has 0 atom stereocenters. The van der Waals surface area contributed by atoms with Crippen molar-refractivity contribution < 1.29 is 14.6 Å². The van der Waals surface area contributed by atoms with Crippen molar-refractivity contribution in [3.05, 3.63) is 32.3 Å². The summed E-state index contributed by atoms with van der Waals surface area (Å²) in [4.78, 5) is 25.1. The number of nitro groups is 1. The maximum Gasteiger partial charge on any atom is 0.444 e. The van der Waals surface area contributed by atoms with E-state index in [4.69, 9.17) is 0 Å². The van der Waals surface area contributed by atoms with Gasteiger partial charge in [-0.1, -0.05) is 15.9 Å². The van der Waals surface area contributed by atoms with E-state index in [1.165, 1.54) is 17.6 Å². The topological polar surface area (TPSA) is 72.7 Å². The summed E-state index contributed by atoms with van der Waals surface area (Å²) in [6.45, 7) is 1.68. The summed E-state index contributed by atoms with van der Waals surface area (Å²) < 4.78 is 0.634. The lowest BCUT2D eigenvalue weighted by atomic mass is 10.1. The fourth-order valence-electron chi connectivity index (χ4n) is 1.73. The number of nitrogens with zero attached hydrogens (tertiary/aromatic N) is 2. The molecule has 16 heavy (non-hydrogen) atoms. The predicted molar refractivity (Wildman–Crippen MR) is 58.6 cm³/mol. The van der Waals surface area contributed by atoms with Crippen molar-refractivity contribution in [2.24, 2.45) is 0 Å². The number of nitro benzene ring substituents is 1. The molecular weight excluding hydrogens is 280 g/mol. The molecule has 1 aliphatic rings. The largest absolute Gasteiger partial charge is 0.444 e. The first-order valence-electron chi connectivity index (χ1n) is 4.42. The van der Waals surface area contributed by atoms with Crippen LogP contribution in [-0.2, 0) is 16.1 Å². The molecule has 1 aromatic rings. The van der Waals surface area contributed by atoms with Crippen molar-refractivity contribution in [1.29, 1.82) is 0 Å². The number of hydrogen-bond donors (Lipinski definition) is 0. The molecule has 0 fully saturated rings. The molecular formula is C9H6BrN2O4. The van der Waals surface area contributed by atoms with E-state index in [0.29, 0.717) is 23.1 Å². The van der Waals surface area contributed by atoms with E-state index < -0.39 is 4.92 Å². The minimum atomic E-state index is -0.504. The Morgan fingerprint density at radius 3 is 2.94 bits per heavy atom. The normalized spacial score (nSPS) is 13.4. The van der Waals surface area contributed by atoms with Gasteiger partial charge < -0.3 is 4.84 Å². The Morgan fingerprint density at radius 2 is 2.31 bits per heavy atom. The van der Waals surface area contributed by atoms with Gasteiger partial charge in [0, 0.05) is 10.5 Å². The van der Waals surface area contributed by atoms with E-state index in [1.54, 1.807) is 6.07 Å². The number of carbonyl (C=O) groups excluding carboxylic acids is 1. The van der Waals surface area contributed by atoms with Crippen molar-refractivity contribution in [2.45, 2.75) is 6.42 Å². The first-order chi connectivity index (χ1) is 7.63. The first-order valence-corrected chi connectivity index (χ1v) is 5.21. The minimum absolute atomic E-state index is 0.0860. The van der Waals surface area contributed by atoms with Crippen LogP contribution in [0.3, 0.4) is 0 Å². The number of halogens is 1. The molecule has 0 saturated carbocycles. The summed E-state index contributed by atoms with van der Waals surface area (Å²) in [5.41, 5.74) is 1.02. The summed E-state index contributed by atoms with van der Waals surface area (Å²) in [5, 5.41) is 12.1. The van der Waals surface area contributed by atoms with Gasteiger partial charge in [-0.2, -0.15) is 5.06 Å². The Kier molecular flexibility index (Phi) is 2.78. The lowest BCUT2D eigenvalue weighted by molar-refractivity contribution is -0.384. The average molecular weight is 286 g/mol. The van der Waals surface area contributed by atoms with Crippen LogP contribution in [0.2, 0.25) is 0 Å². The summed E-state index contributed by atoms with van der Waals surface area (Å²) >= 11 is 3.20. The van der Waals surface area contributed by atoms with Crippen LogP contribution in [-0.4, -0.2) is 17.9 Å². The highest BCUT2D eigenvalue weighted by atomic mass is 79.9. The highest BCUT2D eigenvalue weighted by Gasteiger charge is 2.30. The molecule has 0 aliphatic carbocycles. The first kappa shape index (κ1) is 10.9. The van der Waals surface area contributed by atoms with Crippen LogP contribution in [0.1, 0.15) is 5.56 Å². The molecule has 1 radical (unpaired) electrons. The van der Waals surface area contributed by atoms with Crippen LogP contribution in [0.25, 0.3) is 0 Å². The zero-order chi connectivity index (χ0) is 11.7. The van der Waals surface area contributed by atoms with Gasteiger partial charge in [0.05, 0.1) is 11.5 Å². The number of benzene rings is 1. The van der Waals surface area contributed by atoms with Crippen LogP contribution >= 0.6 is 15.9 Å². The van der Waals surface area contributed by atoms with Gasteiger partial charge in [-0.25, -0.2) is 4.79 Å². The van der Waals surface area contributed by atoms with Crippen molar-refractivity contribution in [3.8, 4) is 0 Å². The molecule has 1 heterocycles. The van der Waals surface area contributed by atoms with Gasteiger partial charge in [0.25, 0.3) is 5.69 Å². The zero-order valence-corrected chi connectivity index (χ0v) is 9.56. The third-order valence-corrected chi connectivity index (χ3v) is 2.77. The van der Waals surface area contributed by atoms with Crippen LogP contribution in [0.5, 0.6) is 0 Å². The van der Waals surface area contributed by atoms with Crippen LogP contribution in [0, 0.1) is 10.1 Å². The fourth-order valence-corrected chi connectivity index (χ4v) is 2.22. The monoisotopic (exact) mass is 285 g/mol. The molecule has 2 rings (SSSR count). The summed E-state index contributed by atoms with van der Waals surface area (Å²) in [5.74, 6) is 0. The standard InChI is InChI=1S/C9H6BrN2O4/c10-7-3-6-1-2-11(16-5-13)9(6)8(4-7)12(14)15/h3-4H,1-2H2. The SMILES string of the molecule is O=[C]ON1CCc2cc(Br)cc([N+](=O)[O-])c21. The highest BCUT2D eigenvalue weighted by molar-refractivity contribution is 9.10. The number of anilines is 1. The smallest absolute Gasteiger partial charge is 0.329 e. The van der Waals surface area contributed by atoms with Gasteiger partial charge in [0.15, 0.2) is 5.69 Å². The third-order valence-electron chi connectivity index (χ3n) is 2.31. The van der Waals surface area contributed by atoms with Crippen LogP contribution in [0.4, 0.5) is 11.4 Å². The molecule has 0 aromatic heterocycles. The van der Waals surface area contributed by atoms with Gasteiger partial charge in [-0.3, -0.25) is 10.1 Å². The van der Waals surface area contributed by atoms with Crippen LogP contribution in [0.15, 0.2) is 16.6 Å². The van der Waals surface area contributed by atoms with Gasteiger partial charge in [0.2, 0.25) is 0 Å². The molecule has 0 unspecified atom stereocenters. The van der Waals surface area contributed by atoms with E-state index in [1.807, 2.05) is 0 Å². The Labute approximate surface area is 99.0 Å². The van der Waals surface area contributed by atoms with Crippen molar-refractivity contribution >= 4 is 33.8 Å². The van der Waals surface area contributed by atoms with Gasteiger partial charge >= 0.3 is 6.47 Å². The maximum absolute atomic E-state index is 10.9. The van der Waals surface area contributed by atoms with Gasteiger partial charge in [-0.15, -0.1) is 0 Å². The molecule has 1 aliphatic heterocycles. The third kappa shape index (κ3) is 1.73. The second-order valence-electron chi connectivity index (χ2n) is 3.22. The van der Waals surface area contributed by atoms with Gasteiger partial charge in [0.1, 0.15) is 0 Å². The molecule has 0 spiro atoms. The molecule has 0 amide bonds. The Hall–Kier alpha value is -1.63. The number of hydroxylamine groups is 1. The fraction of sp³-hybridized carbons (Fsp3) is 0.222. The molecule has 1 aromatic carbocycles. The summed E-state index contributed by atoms with van der Waals surface area (Å²) in [7, 11) is 0. The summed E-state index contributed by atoms with van der Waals surface area (Å²) in [6, 6.07) is 3.15. The van der Waals surface area contributed by atoms with E-state index >= 15 is 0 Å². The number of fused-ring (bicyclic) bond motifs is 1. The van der Waals surface area contributed by atoms with Gasteiger partial charge in [-0.05, 0) is 18.1 Å². The lowest BCUT2D eigenvalue weighted by Gasteiger charge is -2.13. The van der Waals surface area contributed by atoms with Crippen molar-refractivity contribution in [1.82, 2.24) is 0 Å². The van der Waals surface area contributed by atoms with Crippen molar-refractivity contribution in [3.63, 3.8) is 0 Å². The second-order valence-corrected chi connectivity index (χ2v) is 4.13. The van der Waals surface area contributed by atoms with Crippen molar-refractivity contribution in [2.75, 3.05) is 11.6 Å². The Balaban J connectivity index is 2.54. The lowest BCUT2D eigenvalue weighted by Crippen LogP contribution is -2.20. The zero-order valence-electron chi connectivity index (χ0n) is 7.97. The Bertz CT molecular complexity index is 463. The molecule has 7 heteroatoms. The van der Waals surface area contributed by atoms with Crippen LogP contribution < -0.4 is 5.06 Å². The molecule has 0 bridgehead atoms. The molecule has 0 saturated heterocycles. The second kappa shape index (κ2) is 4.09. The predicted octanol–water partition coefficient (Wildman–Crippen LogP) is 1.72. The van der Waals surface area contributed by atoms with E-state index in [0.717, 1.165) is 5.56 Å². The van der Waals surface area contributed by atoms with E-state index in [2.05, 4.69) is 20.8 Å². The number of hydrogen-bond acceptors (Lipinski definition) is 5. The molecule has 0 N–H and O–H groups in total. The average Bonchev–Trinajstić information content (AvgIpc) is 2.60. The molecule has 6 nitrogen and oxygen atoms in total. The Morgan fingerprint density at radius 1 is 1.56 bits per heavy atom. The maximum atomic E-state index is 10.9.